The van der Waals surface area contributed by atoms with Crippen molar-refractivity contribution in [1.29, 1.82) is 0 Å². The van der Waals surface area contributed by atoms with E-state index in [1.165, 1.54) is 24.3 Å². The summed E-state index contributed by atoms with van der Waals surface area (Å²) in [5.41, 5.74) is 4.91. The molecule has 3 rings (SSSR count). The van der Waals surface area contributed by atoms with Gasteiger partial charge in [0.1, 0.15) is 10.9 Å². The number of ether oxygens (including phenoxy) is 1. The van der Waals surface area contributed by atoms with E-state index in [0.717, 1.165) is 10.0 Å². The van der Waals surface area contributed by atoms with Crippen molar-refractivity contribution in [2.24, 2.45) is 5.73 Å². The van der Waals surface area contributed by atoms with E-state index in [2.05, 4.69) is 21.2 Å². The highest BCUT2D eigenvalue weighted by Crippen LogP contribution is 2.57. The van der Waals surface area contributed by atoms with E-state index in [4.69, 9.17) is 22.1 Å². The zero-order chi connectivity index (χ0) is 22.3. The Labute approximate surface area is 190 Å². The number of hydrogen-bond donors (Lipinski definition) is 2. The lowest BCUT2D eigenvalue weighted by Gasteiger charge is -2.24. The number of amides is 1. The lowest BCUT2D eigenvalue weighted by atomic mass is 10.1. The van der Waals surface area contributed by atoms with E-state index >= 15 is 0 Å². The van der Waals surface area contributed by atoms with Gasteiger partial charge in [-0.25, -0.2) is 13.2 Å². The molecule has 0 heterocycles. The van der Waals surface area contributed by atoms with Crippen molar-refractivity contribution in [3.63, 3.8) is 0 Å². The van der Waals surface area contributed by atoms with Gasteiger partial charge in [0.05, 0.1) is 10.4 Å². The highest BCUT2D eigenvalue weighted by molar-refractivity contribution is 9.10. The van der Waals surface area contributed by atoms with Crippen LogP contribution in [0.4, 0.5) is 4.79 Å². The van der Waals surface area contributed by atoms with Crippen LogP contribution in [0, 0.1) is 0 Å². The number of nitrogens with one attached hydrogen (secondary N) is 1. The van der Waals surface area contributed by atoms with Crippen LogP contribution < -0.4 is 11.1 Å². The summed E-state index contributed by atoms with van der Waals surface area (Å²) in [6.07, 6.45) is -0.705. The van der Waals surface area contributed by atoms with Gasteiger partial charge in [0, 0.05) is 22.0 Å². The molecule has 0 bridgehead atoms. The molecule has 6 nitrogen and oxygen atoms in total. The number of rotatable bonds is 5. The number of sulfone groups is 1. The summed E-state index contributed by atoms with van der Waals surface area (Å²) in [6.45, 7) is 5.15. The van der Waals surface area contributed by atoms with Crippen LogP contribution in [0.1, 0.15) is 32.3 Å². The van der Waals surface area contributed by atoms with Gasteiger partial charge >= 0.3 is 6.09 Å². The van der Waals surface area contributed by atoms with Crippen LogP contribution in [-0.4, -0.2) is 37.4 Å². The topological polar surface area (TPSA) is 98.5 Å². The fourth-order valence-electron chi connectivity index (χ4n) is 3.71. The number of halogens is 2. The number of carbonyl (C=O) groups excluding carboxylic acids is 1. The predicted octanol–water partition coefficient (Wildman–Crippen LogP) is 4.26. The van der Waals surface area contributed by atoms with Crippen LogP contribution in [0.5, 0.6) is 0 Å². The van der Waals surface area contributed by atoms with Crippen molar-refractivity contribution in [3.8, 4) is 0 Å². The molecule has 1 saturated carbocycles. The van der Waals surface area contributed by atoms with Crippen LogP contribution in [0.3, 0.4) is 0 Å². The third-order valence-corrected chi connectivity index (χ3v) is 8.10. The molecule has 162 valence electrons. The highest BCUT2D eigenvalue weighted by Gasteiger charge is 2.71. The Bertz CT molecular complexity index is 1040. The predicted molar refractivity (Wildman–Crippen MR) is 120 cm³/mol. The third-order valence-electron chi connectivity index (χ3n) is 5.03. The summed E-state index contributed by atoms with van der Waals surface area (Å²) in [5, 5.41) is 2.27. The van der Waals surface area contributed by atoms with Gasteiger partial charge in [-0.2, -0.15) is 0 Å². The Morgan fingerprint density at radius 3 is 2.23 bits per heavy atom. The van der Waals surface area contributed by atoms with Crippen molar-refractivity contribution in [1.82, 2.24) is 5.32 Å². The van der Waals surface area contributed by atoms with Crippen LogP contribution in [0.15, 0.2) is 57.9 Å². The first-order chi connectivity index (χ1) is 13.9. The summed E-state index contributed by atoms with van der Waals surface area (Å²) >= 11 is 9.30. The number of nitrogens with two attached hydrogens (primary N) is 1. The first kappa shape index (κ1) is 23.1. The summed E-state index contributed by atoms with van der Waals surface area (Å²) in [5.74, 6) is -0.524. The van der Waals surface area contributed by atoms with Gasteiger partial charge in [0.15, 0.2) is 9.84 Å². The molecule has 3 N–H and O–H groups in total. The second kappa shape index (κ2) is 8.15. The Hall–Kier alpha value is -1.61. The maximum atomic E-state index is 13.5. The molecule has 0 aliphatic heterocycles. The second-order valence-electron chi connectivity index (χ2n) is 8.32. The molecule has 2 aromatic rings. The molecule has 1 amide bonds. The zero-order valence-corrected chi connectivity index (χ0v) is 20.0. The van der Waals surface area contributed by atoms with Crippen molar-refractivity contribution in [2.75, 3.05) is 6.54 Å². The summed E-state index contributed by atoms with van der Waals surface area (Å²) in [6, 6.07) is 13.3. The van der Waals surface area contributed by atoms with Crippen LogP contribution in [-0.2, 0) is 14.6 Å². The van der Waals surface area contributed by atoms with Crippen molar-refractivity contribution in [2.45, 2.75) is 48.0 Å². The molecule has 1 fully saturated rings. The summed E-state index contributed by atoms with van der Waals surface area (Å²) < 4.78 is 33.2. The van der Waals surface area contributed by atoms with Gasteiger partial charge in [0.2, 0.25) is 0 Å². The maximum Gasteiger partial charge on any atom is 0.408 e. The van der Waals surface area contributed by atoms with E-state index in [1.54, 1.807) is 20.8 Å². The SMILES string of the molecule is CC(C)(C)OC(=O)N[C@@]1(CN)[C@H](c2ccc(Br)cc2)[C@@H]1S(=O)(=O)c1ccc(Cl)cc1. The monoisotopic (exact) mass is 514 g/mol. The van der Waals surface area contributed by atoms with E-state index in [0.29, 0.717) is 5.02 Å². The molecule has 3 atom stereocenters. The maximum absolute atomic E-state index is 13.5. The van der Waals surface area contributed by atoms with Crippen molar-refractivity contribution in [3.05, 3.63) is 63.6 Å². The quantitative estimate of drug-likeness (QED) is 0.620. The molecular formula is C21H24BrClN2O4S. The standard InChI is InChI=1S/C21H24BrClN2O4S/c1-20(2,3)29-19(26)25-21(12-24)17(13-4-6-14(22)7-5-13)18(21)30(27,28)16-10-8-15(23)9-11-16/h4-11,17-18H,12,24H2,1-3H3,(H,25,26)/t17-,18+,21+/m1/s1. The Kier molecular flexibility index (Phi) is 6.26. The van der Waals surface area contributed by atoms with E-state index in [-0.39, 0.29) is 11.4 Å². The van der Waals surface area contributed by atoms with E-state index in [9.17, 15) is 13.2 Å². The molecule has 9 heteroatoms. The first-order valence-corrected chi connectivity index (χ1v) is 12.1. The van der Waals surface area contributed by atoms with E-state index in [1.807, 2.05) is 24.3 Å². The minimum atomic E-state index is -3.82. The number of hydrogen-bond acceptors (Lipinski definition) is 5. The molecule has 0 aromatic heterocycles. The van der Waals surface area contributed by atoms with Crippen molar-refractivity contribution < 1.29 is 17.9 Å². The van der Waals surface area contributed by atoms with Crippen LogP contribution in [0.25, 0.3) is 0 Å². The Morgan fingerprint density at radius 1 is 1.17 bits per heavy atom. The van der Waals surface area contributed by atoms with Gasteiger partial charge < -0.3 is 15.8 Å². The zero-order valence-electron chi connectivity index (χ0n) is 16.9. The van der Waals surface area contributed by atoms with Gasteiger partial charge in [-0.15, -0.1) is 0 Å². The summed E-state index contributed by atoms with van der Waals surface area (Å²) in [4.78, 5) is 12.7. The van der Waals surface area contributed by atoms with Crippen molar-refractivity contribution >= 4 is 43.5 Å². The van der Waals surface area contributed by atoms with Gasteiger partial charge in [0.25, 0.3) is 0 Å². The molecule has 0 spiro atoms. The second-order valence-corrected chi connectivity index (χ2v) is 11.7. The fraction of sp³-hybridized carbons (Fsp3) is 0.381. The average Bonchev–Trinajstić information content (AvgIpc) is 3.30. The van der Waals surface area contributed by atoms with E-state index < -0.39 is 38.2 Å². The number of alkyl carbamates (subject to hydrolysis) is 1. The first-order valence-electron chi connectivity index (χ1n) is 9.37. The molecule has 0 radical (unpaired) electrons. The van der Waals surface area contributed by atoms with Gasteiger partial charge in [-0.05, 0) is 62.7 Å². The minimum Gasteiger partial charge on any atom is -0.444 e. The lowest BCUT2D eigenvalue weighted by molar-refractivity contribution is 0.0497. The lowest BCUT2D eigenvalue weighted by Crippen LogP contribution is -2.49. The molecular weight excluding hydrogens is 492 g/mol. The average molecular weight is 516 g/mol. The molecule has 1 aliphatic rings. The minimum absolute atomic E-state index is 0.0650. The Balaban J connectivity index is 2.03. The third kappa shape index (κ3) is 4.51. The molecule has 1 aliphatic carbocycles. The fourth-order valence-corrected chi connectivity index (χ4v) is 6.44. The molecule has 2 aromatic carbocycles. The van der Waals surface area contributed by atoms with Crippen LogP contribution in [0.2, 0.25) is 5.02 Å². The van der Waals surface area contributed by atoms with Crippen LogP contribution >= 0.6 is 27.5 Å². The molecule has 0 saturated heterocycles. The normalized spacial score (nSPS) is 23.7. The molecule has 0 unspecified atom stereocenters. The number of carbonyl (C=O) groups is 1. The smallest absolute Gasteiger partial charge is 0.408 e. The highest BCUT2D eigenvalue weighted by atomic mass is 79.9. The Morgan fingerprint density at radius 2 is 1.73 bits per heavy atom. The molecule has 30 heavy (non-hydrogen) atoms. The summed E-state index contributed by atoms with van der Waals surface area (Å²) in [7, 11) is -3.82. The largest absolute Gasteiger partial charge is 0.444 e. The van der Waals surface area contributed by atoms with Gasteiger partial charge in [-0.1, -0.05) is 39.7 Å². The number of benzene rings is 2. The van der Waals surface area contributed by atoms with Gasteiger partial charge in [-0.3, -0.25) is 0 Å².